The minimum Gasteiger partial charge on any atom is -0.373 e. The molecule has 0 aliphatic rings. The van der Waals surface area contributed by atoms with Gasteiger partial charge in [-0.05, 0) is 0 Å². The molecule has 1 aromatic rings. The van der Waals surface area contributed by atoms with E-state index in [0.29, 0.717) is 11.6 Å². The van der Waals surface area contributed by atoms with Crippen molar-refractivity contribution in [2.45, 2.75) is 0 Å². The Labute approximate surface area is 80.9 Å². The zero-order valence-electron chi connectivity index (χ0n) is 7.74. The van der Waals surface area contributed by atoms with E-state index in [-0.39, 0.29) is 12.5 Å². The SMILES string of the molecule is CNc1cc(NCC(N)=O)nc(N)n1. The van der Waals surface area contributed by atoms with Gasteiger partial charge >= 0.3 is 0 Å². The summed E-state index contributed by atoms with van der Waals surface area (Å²) in [5.74, 6) is 0.696. The highest BCUT2D eigenvalue weighted by Gasteiger charge is 2.01. The number of carbonyl (C=O) groups is 1. The summed E-state index contributed by atoms with van der Waals surface area (Å²) in [5, 5.41) is 5.52. The van der Waals surface area contributed by atoms with E-state index in [4.69, 9.17) is 11.5 Å². The molecule has 0 unspecified atom stereocenters. The molecule has 76 valence electrons. The van der Waals surface area contributed by atoms with E-state index >= 15 is 0 Å². The molecule has 0 aliphatic carbocycles. The molecule has 7 nitrogen and oxygen atoms in total. The summed E-state index contributed by atoms with van der Waals surface area (Å²) in [6.07, 6.45) is 0. The summed E-state index contributed by atoms with van der Waals surface area (Å²) in [5.41, 5.74) is 10.4. The molecule has 0 aliphatic heterocycles. The standard InChI is InChI=1S/C7H12N6O/c1-10-5-2-6(11-3-4(8)14)13-7(9)12-5/h2H,3H2,1H3,(H2,8,14)(H4,9,10,11,12,13). The van der Waals surface area contributed by atoms with Crippen molar-refractivity contribution in [2.24, 2.45) is 5.73 Å². The summed E-state index contributed by atoms with van der Waals surface area (Å²) in [6, 6.07) is 1.62. The zero-order valence-corrected chi connectivity index (χ0v) is 7.74. The summed E-state index contributed by atoms with van der Waals surface area (Å²) >= 11 is 0. The Balaban J connectivity index is 2.76. The van der Waals surface area contributed by atoms with Crippen LogP contribution < -0.4 is 22.1 Å². The molecule has 0 saturated heterocycles. The molecule has 14 heavy (non-hydrogen) atoms. The number of hydrogen-bond acceptors (Lipinski definition) is 6. The fraction of sp³-hybridized carbons (Fsp3) is 0.286. The maximum atomic E-state index is 10.5. The quantitative estimate of drug-likeness (QED) is 0.490. The van der Waals surface area contributed by atoms with E-state index in [1.165, 1.54) is 0 Å². The van der Waals surface area contributed by atoms with Crippen LogP contribution in [0.25, 0.3) is 0 Å². The molecule has 7 heteroatoms. The maximum Gasteiger partial charge on any atom is 0.236 e. The molecule has 0 atom stereocenters. The summed E-state index contributed by atoms with van der Waals surface area (Å²) in [4.78, 5) is 18.2. The molecule has 1 aromatic heterocycles. The summed E-state index contributed by atoms with van der Waals surface area (Å²) < 4.78 is 0. The molecular formula is C7H12N6O. The van der Waals surface area contributed by atoms with Crippen LogP contribution in [0.2, 0.25) is 0 Å². The largest absolute Gasteiger partial charge is 0.373 e. The Morgan fingerprint density at radius 2 is 2.14 bits per heavy atom. The number of carbonyl (C=O) groups excluding carboxylic acids is 1. The lowest BCUT2D eigenvalue weighted by Gasteiger charge is -2.05. The predicted molar refractivity (Wildman–Crippen MR) is 53.7 cm³/mol. The Kier molecular flexibility index (Phi) is 3.05. The molecule has 0 fully saturated rings. The number of aromatic nitrogens is 2. The van der Waals surface area contributed by atoms with Crippen LogP contribution in [0.5, 0.6) is 0 Å². The first-order valence-corrected chi connectivity index (χ1v) is 3.96. The van der Waals surface area contributed by atoms with Crippen LogP contribution in [-0.4, -0.2) is 29.5 Å². The number of nitrogen functional groups attached to an aromatic ring is 1. The van der Waals surface area contributed by atoms with Gasteiger partial charge in [-0.3, -0.25) is 4.79 Å². The molecule has 0 saturated carbocycles. The first kappa shape index (κ1) is 10.0. The van der Waals surface area contributed by atoms with Crippen molar-refractivity contribution < 1.29 is 4.79 Å². The number of amides is 1. The van der Waals surface area contributed by atoms with Crippen molar-refractivity contribution in [2.75, 3.05) is 30.0 Å². The molecule has 6 N–H and O–H groups in total. The molecule has 0 bridgehead atoms. The fourth-order valence-electron chi connectivity index (χ4n) is 0.862. The second-order valence-electron chi connectivity index (χ2n) is 2.57. The highest BCUT2D eigenvalue weighted by atomic mass is 16.1. The number of hydrogen-bond donors (Lipinski definition) is 4. The number of nitrogens with two attached hydrogens (primary N) is 2. The van der Waals surface area contributed by atoms with Crippen molar-refractivity contribution in [3.8, 4) is 0 Å². The normalized spacial score (nSPS) is 9.50. The maximum absolute atomic E-state index is 10.5. The molecule has 1 rings (SSSR count). The molecular weight excluding hydrogens is 184 g/mol. The monoisotopic (exact) mass is 196 g/mol. The second kappa shape index (κ2) is 4.26. The Morgan fingerprint density at radius 1 is 1.50 bits per heavy atom. The van der Waals surface area contributed by atoms with Crippen molar-refractivity contribution in [1.82, 2.24) is 9.97 Å². The zero-order chi connectivity index (χ0) is 10.6. The van der Waals surface area contributed by atoms with Gasteiger partial charge in [0.25, 0.3) is 0 Å². The molecule has 0 spiro atoms. The van der Waals surface area contributed by atoms with Gasteiger partial charge in [-0.2, -0.15) is 9.97 Å². The van der Waals surface area contributed by atoms with Crippen LogP contribution in [0.4, 0.5) is 17.6 Å². The summed E-state index contributed by atoms with van der Waals surface area (Å²) in [7, 11) is 1.71. The highest BCUT2D eigenvalue weighted by Crippen LogP contribution is 2.10. The van der Waals surface area contributed by atoms with Gasteiger partial charge in [0.1, 0.15) is 11.6 Å². The number of nitrogens with one attached hydrogen (secondary N) is 2. The van der Waals surface area contributed by atoms with Gasteiger partial charge in [0.2, 0.25) is 11.9 Å². The van der Waals surface area contributed by atoms with E-state index in [1.54, 1.807) is 13.1 Å². The predicted octanol–water partition coefficient (Wildman–Crippen LogP) is -1.00. The Morgan fingerprint density at radius 3 is 2.71 bits per heavy atom. The van der Waals surface area contributed by atoms with Gasteiger partial charge in [0.15, 0.2) is 0 Å². The van der Waals surface area contributed by atoms with Crippen LogP contribution in [-0.2, 0) is 4.79 Å². The van der Waals surface area contributed by atoms with Crippen molar-refractivity contribution in [3.63, 3.8) is 0 Å². The van der Waals surface area contributed by atoms with Crippen LogP contribution in [0.1, 0.15) is 0 Å². The van der Waals surface area contributed by atoms with Crippen LogP contribution in [0.3, 0.4) is 0 Å². The van der Waals surface area contributed by atoms with E-state index in [2.05, 4.69) is 20.6 Å². The van der Waals surface area contributed by atoms with E-state index in [1.807, 2.05) is 0 Å². The lowest BCUT2D eigenvalue weighted by Crippen LogP contribution is -2.22. The second-order valence-corrected chi connectivity index (χ2v) is 2.57. The minimum atomic E-state index is -0.465. The average Bonchev–Trinajstić information content (AvgIpc) is 2.14. The Hall–Kier alpha value is -2.05. The van der Waals surface area contributed by atoms with Gasteiger partial charge in [-0.25, -0.2) is 0 Å². The minimum absolute atomic E-state index is 0.0135. The van der Waals surface area contributed by atoms with Crippen molar-refractivity contribution >= 4 is 23.5 Å². The first-order chi connectivity index (χ1) is 6.61. The number of anilines is 3. The lowest BCUT2D eigenvalue weighted by atomic mass is 10.5. The molecule has 0 radical (unpaired) electrons. The topological polar surface area (TPSA) is 119 Å². The van der Waals surface area contributed by atoms with Crippen LogP contribution >= 0.6 is 0 Å². The highest BCUT2D eigenvalue weighted by molar-refractivity contribution is 5.78. The smallest absolute Gasteiger partial charge is 0.236 e. The van der Waals surface area contributed by atoms with E-state index in [9.17, 15) is 4.79 Å². The Bertz CT molecular complexity index is 339. The number of nitrogens with zero attached hydrogens (tertiary/aromatic N) is 2. The van der Waals surface area contributed by atoms with Crippen LogP contribution in [0.15, 0.2) is 6.07 Å². The summed E-state index contributed by atoms with van der Waals surface area (Å²) in [6.45, 7) is 0.0135. The lowest BCUT2D eigenvalue weighted by molar-refractivity contribution is -0.116. The molecule has 1 heterocycles. The third-order valence-corrected chi connectivity index (χ3v) is 1.44. The van der Waals surface area contributed by atoms with E-state index in [0.717, 1.165) is 0 Å². The van der Waals surface area contributed by atoms with Gasteiger partial charge in [-0.15, -0.1) is 0 Å². The van der Waals surface area contributed by atoms with E-state index < -0.39 is 5.91 Å². The van der Waals surface area contributed by atoms with Gasteiger partial charge in [-0.1, -0.05) is 0 Å². The molecule has 1 amide bonds. The van der Waals surface area contributed by atoms with Crippen LogP contribution in [0, 0.1) is 0 Å². The number of primary amides is 1. The molecule has 0 aromatic carbocycles. The first-order valence-electron chi connectivity index (χ1n) is 3.96. The third-order valence-electron chi connectivity index (χ3n) is 1.44. The van der Waals surface area contributed by atoms with Gasteiger partial charge in [0, 0.05) is 13.1 Å². The van der Waals surface area contributed by atoms with Crippen molar-refractivity contribution in [1.29, 1.82) is 0 Å². The average molecular weight is 196 g/mol. The number of rotatable bonds is 4. The third kappa shape index (κ3) is 2.77. The fourth-order valence-corrected chi connectivity index (χ4v) is 0.862. The van der Waals surface area contributed by atoms with Gasteiger partial charge in [0.05, 0.1) is 6.54 Å². The van der Waals surface area contributed by atoms with Gasteiger partial charge < -0.3 is 22.1 Å². The van der Waals surface area contributed by atoms with Crippen molar-refractivity contribution in [3.05, 3.63) is 6.07 Å².